The molecular formula is C30H34N6O3S. The quantitative estimate of drug-likeness (QED) is 0.146. The maximum Gasteiger partial charge on any atom is 0.269 e. The number of nitrogens with one attached hydrogen (secondary N) is 2. The Balaban J connectivity index is 1.43. The van der Waals surface area contributed by atoms with Crippen LogP contribution < -0.4 is 10.6 Å². The zero-order chi connectivity index (χ0) is 28.5. The molecule has 10 heteroatoms. The summed E-state index contributed by atoms with van der Waals surface area (Å²) in [5.74, 6) is -0.0932. The molecule has 4 rings (SSSR count). The normalized spacial score (nSPS) is 11.7. The number of imidazole rings is 1. The first-order valence-electron chi connectivity index (χ1n) is 13.3. The minimum atomic E-state index is -0.421. The number of carbonyl (C=O) groups is 1. The predicted octanol–water partition coefficient (Wildman–Crippen LogP) is 4.83. The first kappa shape index (κ1) is 28.7. The third kappa shape index (κ3) is 7.41. The standard InChI is InChI=1S/C30H34N6O3S/c1-3-7-25(20-34(30(40)31-2)19-24-10-6-9-23-8-4-5-11-28(23)24)33-29(37)16-27-17-32-21-35(27)18-22-12-14-26(15-13-22)36(38)39/h4-6,8-15,17,21,25H,3,7,16,18-20H2,1-2H3,(H,31,40)(H,33,37)/t25-/m0/s1. The Morgan fingerprint density at radius 1 is 1.12 bits per heavy atom. The highest BCUT2D eigenvalue weighted by Gasteiger charge is 2.20. The van der Waals surface area contributed by atoms with Crippen molar-refractivity contribution in [3.8, 4) is 0 Å². The number of rotatable bonds is 12. The highest BCUT2D eigenvalue weighted by Crippen LogP contribution is 2.21. The number of fused-ring (bicyclic) bond motifs is 1. The lowest BCUT2D eigenvalue weighted by Crippen LogP contribution is -2.48. The molecule has 3 aromatic carbocycles. The largest absolute Gasteiger partial charge is 0.366 e. The van der Waals surface area contributed by atoms with Gasteiger partial charge in [0.15, 0.2) is 5.11 Å². The Kier molecular flexibility index (Phi) is 9.80. The molecule has 0 saturated carbocycles. The summed E-state index contributed by atoms with van der Waals surface area (Å²) >= 11 is 5.66. The molecule has 0 saturated heterocycles. The van der Waals surface area contributed by atoms with Crippen LogP contribution in [0.4, 0.5) is 5.69 Å². The van der Waals surface area contributed by atoms with E-state index in [4.69, 9.17) is 12.2 Å². The fourth-order valence-corrected chi connectivity index (χ4v) is 4.98. The Bertz CT molecular complexity index is 1460. The van der Waals surface area contributed by atoms with Crippen molar-refractivity contribution < 1.29 is 9.72 Å². The molecule has 1 aromatic heterocycles. The zero-order valence-electron chi connectivity index (χ0n) is 22.7. The molecular weight excluding hydrogens is 524 g/mol. The number of thiocarbonyl (C=S) groups is 1. The minimum absolute atomic E-state index is 0.0446. The molecule has 9 nitrogen and oxygen atoms in total. The second kappa shape index (κ2) is 13.7. The fraction of sp³-hybridized carbons (Fsp3) is 0.300. The lowest BCUT2D eigenvalue weighted by Gasteiger charge is -2.30. The van der Waals surface area contributed by atoms with Gasteiger partial charge in [-0.05, 0) is 40.5 Å². The van der Waals surface area contributed by atoms with E-state index < -0.39 is 4.92 Å². The van der Waals surface area contributed by atoms with Crippen LogP contribution in [0.15, 0.2) is 79.3 Å². The molecule has 0 bridgehead atoms. The summed E-state index contributed by atoms with van der Waals surface area (Å²) in [5, 5.41) is 20.3. The zero-order valence-corrected chi connectivity index (χ0v) is 23.6. The van der Waals surface area contributed by atoms with E-state index in [0.717, 1.165) is 24.1 Å². The number of carbonyl (C=O) groups excluding carboxylic acids is 1. The number of non-ortho nitro benzene ring substituents is 1. The molecule has 208 valence electrons. The van der Waals surface area contributed by atoms with Gasteiger partial charge in [0.2, 0.25) is 5.91 Å². The Hall–Kier alpha value is -4.31. The van der Waals surface area contributed by atoms with Crippen LogP contribution in [0.2, 0.25) is 0 Å². The SMILES string of the molecule is CCC[C@@H](CN(Cc1cccc2ccccc12)C(=S)NC)NC(=O)Cc1cncn1Cc1ccc([N+](=O)[O-])cc1. The molecule has 1 atom stereocenters. The van der Waals surface area contributed by atoms with Crippen LogP contribution in [0.3, 0.4) is 0 Å². The first-order chi connectivity index (χ1) is 19.4. The van der Waals surface area contributed by atoms with Crippen molar-refractivity contribution in [1.82, 2.24) is 25.1 Å². The molecule has 0 spiro atoms. The van der Waals surface area contributed by atoms with Gasteiger partial charge in [-0.1, -0.05) is 67.9 Å². The number of aromatic nitrogens is 2. The molecule has 0 unspecified atom stereocenters. The summed E-state index contributed by atoms with van der Waals surface area (Å²) in [5.41, 5.74) is 2.87. The van der Waals surface area contributed by atoms with Gasteiger partial charge >= 0.3 is 0 Å². The van der Waals surface area contributed by atoms with Crippen molar-refractivity contribution in [2.24, 2.45) is 0 Å². The van der Waals surface area contributed by atoms with Crippen molar-refractivity contribution in [2.45, 2.75) is 45.3 Å². The van der Waals surface area contributed by atoms with Crippen LogP contribution in [0.5, 0.6) is 0 Å². The molecule has 1 amide bonds. The van der Waals surface area contributed by atoms with Crippen LogP contribution in [0.1, 0.15) is 36.6 Å². The van der Waals surface area contributed by atoms with Crippen LogP contribution in [-0.4, -0.2) is 50.0 Å². The molecule has 0 fully saturated rings. The monoisotopic (exact) mass is 558 g/mol. The Labute approximate surface area is 239 Å². The van der Waals surface area contributed by atoms with E-state index in [1.807, 2.05) is 23.7 Å². The highest BCUT2D eigenvalue weighted by atomic mass is 32.1. The van der Waals surface area contributed by atoms with E-state index in [1.165, 1.54) is 28.5 Å². The molecule has 40 heavy (non-hydrogen) atoms. The molecule has 0 radical (unpaired) electrons. The average molecular weight is 559 g/mol. The summed E-state index contributed by atoms with van der Waals surface area (Å²) < 4.78 is 1.89. The third-order valence-corrected chi connectivity index (χ3v) is 7.29. The summed E-state index contributed by atoms with van der Waals surface area (Å²) in [4.78, 5) is 30.0. The van der Waals surface area contributed by atoms with Crippen LogP contribution in [-0.2, 0) is 24.3 Å². The summed E-state index contributed by atoms with van der Waals surface area (Å²) in [6, 6.07) is 20.9. The Morgan fingerprint density at radius 2 is 1.88 bits per heavy atom. The van der Waals surface area contributed by atoms with E-state index >= 15 is 0 Å². The molecule has 4 aromatic rings. The number of amides is 1. The van der Waals surface area contributed by atoms with Gasteiger partial charge in [-0.2, -0.15) is 0 Å². The molecule has 2 N–H and O–H groups in total. The Morgan fingerprint density at radius 3 is 2.60 bits per heavy atom. The van der Waals surface area contributed by atoms with Crippen LogP contribution in [0, 0.1) is 10.1 Å². The molecule has 1 heterocycles. The van der Waals surface area contributed by atoms with Crippen LogP contribution >= 0.6 is 12.2 Å². The van der Waals surface area contributed by atoms with Crippen molar-refractivity contribution >= 4 is 39.7 Å². The van der Waals surface area contributed by atoms with Gasteiger partial charge in [-0.25, -0.2) is 4.98 Å². The van der Waals surface area contributed by atoms with Gasteiger partial charge in [0.25, 0.3) is 5.69 Å². The second-order valence-electron chi connectivity index (χ2n) is 9.74. The van der Waals surface area contributed by atoms with Gasteiger partial charge < -0.3 is 20.1 Å². The lowest BCUT2D eigenvalue weighted by molar-refractivity contribution is -0.384. The topological polar surface area (TPSA) is 105 Å². The molecule has 0 aliphatic carbocycles. The van der Waals surface area contributed by atoms with Crippen molar-refractivity contribution in [3.63, 3.8) is 0 Å². The van der Waals surface area contributed by atoms with E-state index in [1.54, 1.807) is 24.7 Å². The number of hydrogen-bond acceptors (Lipinski definition) is 5. The molecule has 0 aliphatic heterocycles. The maximum absolute atomic E-state index is 13.2. The average Bonchev–Trinajstić information content (AvgIpc) is 3.38. The van der Waals surface area contributed by atoms with Gasteiger partial charge in [-0.15, -0.1) is 0 Å². The van der Waals surface area contributed by atoms with Gasteiger partial charge in [0.05, 0.1) is 17.7 Å². The summed E-state index contributed by atoms with van der Waals surface area (Å²) in [6.45, 7) is 3.77. The third-order valence-electron chi connectivity index (χ3n) is 6.83. The van der Waals surface area contributed by atoms with E-state index in [9.17, 15) is 14.9 Å². The van der Waals surface area contributed by atoms with E-state index in [0.29, 0.717) is 24.7 Å². The van der Waals surface area contributed by atoms with E-state index in [-0.39, 0.29) is 24.1 Å². The molecule has 0 aliphatic rings. The van der Waals surface area contributed by atoms with Crippen molar-refractivity contribution in [1.29, 1.82) is 0 Å². The number of hydrogen-bond donors (Lipinski definition) is 2. The van der Waals surface area contributed by atoms with Gasteiger partial charge in [-0.3, -0.25) is 14.9 Å². The number of nitrogens with zero attached hydrogens (tertiary/aromatic N) is 4. The number of nitro groups is 1. The predicted molar refractivity (Wildman–Crippen MR) is 161 cm³/mol. The van der Waals surface area contributed by atoms with E-state index in [2.05, 4.69) is 57.8 Å². The minimum Gasteiger partial charge on any atom is -0.366 e. The lowest BCUT2D eigenvalue weighted by atomic mass is 10.0. The maximum atomic E-state index is 13.2. The fourth-order valence-electron chi connectivity index (χ4n) is 4.84. The van der Waals surface area contributed by atoms with Gasteiger partial charge in [0, 0.05) is 56.7 Å². The number of nitro benzene ring substituents is 1. The summed E-state index contributed by atoms with van der Waals surface area (Å²) in [6.07, 6.45) is 5.25. The highest BCUT2D eigenvalue weighted by molar-refractivity contribution is 7.80. The van der Waals surface area contributed by atoms with Crippen LogP contribution in [0.25, 0.3) is 10.8 Å². The summed E-state index contributed by atoms with van der Waals surface area (Å²) in [7, 11) is 1.82. The number of benzene rings is 3. The van der Waals surface area contributed by atoms with Crippen molar-refractivity contribution in [2.75, 3.05) is 13.6 Å². The van der Waals surface area contributed by atoms with Crippen molar-refractivity contribution in [3.05, 3.63) is 106 Å². The second-order valence-corrected chi connectivity index (χ2v) is 10.1. The smallest absolute Gasteiger partial charge is 0.269 e. The first-order valence-corrected chi connectivity index (χ1v) is 13.7. The van der Waals surface area contributed by atoms with Gasteiger partial charge in [0.1, 0.15) is 0 Å².